The number of nitrogens with one attached hydrogen (secondary N) is 1. The second kappa shape index (κ2) is 7.62. The molecule has 0 spiro atoms. The number of hydrogen-bond donors (Lipinski definition) is 3. The molecule has 0 saturated carbocycles. The highest BCUT2D eigenvalue weighted by Crippen LogP contribution is 2.17. The molecule has 1 aromatic carbocycles. The average molecular weight is 256 g/mol. The molecular weight excluding hydrogens is 239 g/mol. The predicted molar refractivity (Wildman–Crippen MR) is 64.9 cm³/mol. The number of phenols is 1. The van der Waals surface area contributed by atoms with E-state index in [2.05, 4.69) is 5.32 Å². The Morgan fingerprint density at radius 1 is 1.44 bits per heavy atom. The molecule has 1 aromatic rings. The minimum atomic E-state index is -0.566. The van der Waals surface area contributed by atoms with Gasteiger partial charge in [0.15, 0.2) is 0 Å². The third-order valence-electron chi connectivity index (χ3n) is 2.22. The Labute approximate surface area is 105 Å². The van der Waals surface area contributed by atoms with Gasteiger partial charge < -0.3 is 20.9 Å². The molecule has 1 rings (SSSR count). The van der Waals surface area contributed by atoms with Crippen LogP contribution < -0.4 is 11.1 Å². The highest BCUT2D eigenvalue weighted by atomic mass is 19.1. The topological polar surface area (TPSA) is 84.6 Å². The lowest BCUT2D eigenvalue weighted by atomic mass is 10.2. The quantitative estimate of drug-likeness (QED) is 0.625. The van der Waals surface area contributed by atoms with E-state index < -0.39 is 11.7 Å². The molecule has 0 aromatic heterocycles. The fraction of sp³-hybridized carbons (Fsp3) is 0.417. The largest absolute Gasteiger partial charge is 0.507 e. The van der Waals surface area contributed by atoms with Crippen LogP contribution in [0, 0.1) is 5.82 Å². The molecular formula is C12H17FN2O3. The van der Waals surface area contributed by atoms with Crippen molar-refractivity contribution in [2.45, 2.75) is 6.42 Å². The van der Waals surface area contributed by atoms with Gasteiger partial charge in [-0.1, -0.05) is 0 Å². The summed E-state index contributed by atoms with van der Waals surface area (Å²) < 4.78 is 18.0. The monoisotopic (exact) mass is 256 g/mol. The van der Waals surface area contributed by atoms with Crippen LogP contribution in [0.25, 0.3) is 0 Å². The SMILES string of the molecule is NCCOCCCNC(=O)c1cc(F)ccc1O. The Bertz CT molecular complexity index is 399. The minimum Gasteiger partial charge on any atom is -0.507 e. The molecule has 0 atom stereocenters. The van der Waals surface area contributed by atoms with E-state index in [0.29, 0.717) is 32.7 Å². The second-order valence-electron chi connectivity index (χ2n) is 3.67. The maximum Gasteiger partial charge on any atom is 0.255 e. The molecule has 0 unspecified atom stereocenters. The van der Waals surface area contributed by atoms with E-state index in [1.807, 2.05) is 0 Å². The van der Waals surface area contributed by atoms with Crippen LogP contribution in [-0.2, 0) is 4.74 Å². The zero-order chi connectivity index (χ0) is 13.4. The van der Waals surface area contributed by atoms with Gasteiger partial charge in [-0.25, -0.2) is 4.39 Å². The standard InChI is InChI=1S/C12H17FN2O3/c13-9-2-3-11(16)10(8-9)12(17)15-5-1-6-18-7-4-14/h2-3,8,16H,1,4-7,14H2,(H,15,17). The predicted octanol–water partition coefficient (Wildman–Crippen LogP) is 0.626. The Kier molecular flexibility index (Phi) is 6.10. The summed E-state index contributed by atoms with van der Waals surface area (Å²) in [7, 11) is 0. The lowest BCUT2D eigenvalue weighted by Crippen LogP contribution is -2.25. The molecule has 18 heavy (non-hydrogen) atoms. The van der Waals surface area contributed by atoms with Gasteiger partial charge >= 0.3 is 0 Å². The van der Waals surface area contributed by atoms with Gasteiger partial charge in [0.1, 0.15) is 11.6 Å². The van der Waals surface area contributed by atoms with Crippen molar-refractivity contribution >= 4 is 5.91 Å². The van der Waals surface area contributed by atoms with Gasteiger partial charge in [0.25, 0.3) is 5.91 Å². The summed E-state index contributed by atoms with van der Waals surface area (Å²) in [6, 6.07) is 3.23. The minimum absolute atomic E-state index is 0.0714. The van der Waals surface area contributed by atoms with E-state index in [1.54, 1.807) is 0 Å². The average Bonchev–Trinajstić information content (AvgIpc) is 2.36. The molecule has 0 aliphatic rings. The van der Waals surface area contributed by atoms with E-state index in [0.717, 1.165) is 18.2 Å². The zero-order valence-corrected chi connectivity index (χ0v) is 9.99. The van der Waals surface area contributed by atoms with Crippen LogP contribution in [0.5, 0.6) is 5.75 Å². The molecule has 0 radical (unpaired) electrons. The number of benzene rings is 1. The van der Waals surface area contributed by atoms with Crippen molar-refractivity contribution in [2.24, 2.45) is 5.73 Å². The van der Waals surface area contributed by atoms with Gasteiger partial charge in [-0.2, -0.15) is 0 Å². The molecule has 100 valence electrons. The summed E-state index contributed by atoms with van der Waals surface area (Å²) in [5.74, 6) is -1.32. The fourth-order valence-corrected chi connectivity index (χ4v) is 1.35. The summed E-state index contributed by atoms with van der Waals surface area (Å²) in [4.78, 5) is 11.6. The summed E-state index contributed by atoms with van der Waals surface area (Å²) in [5.41, 5.74) is 5.17. The summed E-state index contributed by atoms with van der Waals surface area (Å²) in [6.45, 7) is 1.83. The van der Waals surface area contributed by atoms with Crippen molar-refractivity contribution in [3.8, 4) is 5.75 Å². The fourth-order valence-electron chi connectivity index (χ4n) is 1.35. The number of nitrogens with two attached hydrogens (primary N) is 1. The van der Waals surface area contributed by atoms with Gasteiger partial charge in [-0.05, 0) is 24.6 Å². The molecule has 4 N–H and O–H groups in total. The molecule has 1 amide bonds. The first kappa shape index (κ1) is 14.4. The smallest absolute Gasteiger partial charge is 0.255 e. The van der Waals surface area contributed by atoms with Crippen LogP contribution in [-0.4, -0.2) is 37.3 Å². The molecule has 0 fully saturated rings. The molecule has 0 aliphatic heterocycles. The van der Waals surface area contributed by atoms with E-state index in [-0.39, 0.29) is 11.3 Å². The number of amides is 1. The van der Waals surface area contributed by atoms with Crippen molar-refractivity contribution in [3.05, 3.63) is 29.6 Å². The van der Waals surface area contributed by atoms with Crippen LogP contribution in [0.4, 0.5) is 4.39 Å². The first-order valence-corrected chi connectivity index (χ1v) is 5.69. The van der Waals surface area contributed by atoms with E-state index in [4.69, 9.17) is 10.5 Å². The maximum atomic E-state index is 12.9. The van der Waals surface area contributed by atoms with Crippen molar-refractivity contribution in [1.29, 1.82) is 0 Å². The second-order valence-corrected chi connectivity index (χ2v) is 3.67. The number of carbonyl (C=O) groups excluding carboxylic acids is 1. The number of carbonyl (C=O) groups is 1. The van der Waals surface area contributed by atoms with Crippen LogP contribution in [0.3, 0.4) is 0 Å². The number of ether oxygens (including phenoxy) is 1. The summed E-state index contributed by atoms with van der Waals surface area (Å²) in [5, 5.41) is 12.0. The molecule has 0 heterocycles. The Morgan fingerprint density at radius 2 is 2.22 bits per heavy atom. The summed E-state index contributed by atoms with van der Waals surface area (Å²) in [6.07, 6.45) is 0.627. The van der Waals surface area contributed by atoms with Crippen LogP contribution in [0.2, 0.25) is 0 Å². The van der Waals surface area contributed by atoms with E-state index in [1.165, 1.54) is 0 Å². The van der Waals surface area contributed by atoms with Crippen LogP contribution >= 0.6 is 0 Å². The number of halogens is 1. The Hall–Kier alpha value is -1.66. The normalized spacial score (nSPS) is 10.3. The van der Waals surface area contributed by atoms with Gasteiger partial charge in [0.05, 0.1) is 12.2 Å². The Balaban J connectivity index is 2.34. The van der Waals surface area contributed by atoms with Crippen molar-refractivity contribution in [3.63, 3.8) is 0 Å². The molecule has 0 saturated heterocycles. The summed E-state index contributed by atoms with van der Waals surface area (Å²) >= 11 is 0. The highest BCUT2D eigenvalue weighted by Gasteiger charge is 2.11. The third kappa shape index (κ3) is 4.68. The molecule has 5 nitrogen and oxygen atoms in total. The highest BCUT2D eigenvalue weighted by molar-refractivity contribution is 5.96. The Morgan fingerprint density at radius 3 is 2.94 bits per heavy atom. The van der Waals surface area contributed by atoms with Gasteiger partial charge in [0, 0.05) is 19.7 Å². The number of aromatic hydroxyl groups is 1. The maximum absolute atomic E-state index is 12.9. The zero-order valence-electron chi connectivity index (χ0n) is 9.99. The lowest BCUT2D eigenvalue weighted by molar-refractivity contribution is 0.0940. The van der Waals surface area contributed by atoms with Gasteiger partial charge in [-0.3, -0.25) is 4.79 Å². The van der Waals surface area contributed by atoms with Crippen molar-refractivity contribution in [1.82, 2.24) is 5.32 Å². The molecule has 0 bridgehead atoms. The van der Waals surface area contributed by atoms with Crippen molar-refractivity contribution < 1.29 is 19.0 Å². The van der Waals surface area contributed by atoms with Gasteiger partial charge in [0.2, 0.25) is 0 Å². The van der Waals surface area contributed by atoms with Crippen molar-refractivity contribution in [2.75, 3.05) is 26.3 Å². The van der Waals surface area contributed by atoms with E-state index in [9.17, 15) is 14.3 Å². The van der Waals surface area contributed by atoms with E-state index >= 15 is 0 Å². The lowest BCUT2D eigenvalue weighted by Gasteiger charge is -2.07. The number of hydrogen-bond acceptors (Lipinski definition) is 4. The third-order valence-corrected chi connectivity index (χ3v) is 2.22. The number of phenolic OH excluding ortho intramolecular Hbond substituents is 1. The number of rotatable bonds is 7. The van der Waals surface area contributed by atoms with Gasteiger partial charge in [-0.15, -0.1) is 0 Å². The van der Waals surface area contributed by atoms with Crippen LogP contribution in [0.15, 0.2) is 18.2 Å². The molecule has 6 heteroatoms. The molecule has 0 aliphatic carbocycles. The first-order chi connectivity index (χ1) is 8.65. The van der Waals surface area contributed by atoms with Crippen LogP contribution in [0.1, 0.15) is 16.8 Å². The first-order valence-electron chi connectivity index (χ1n) is 5.69.